The number of carbonyl (C=O) groups excluding carboxylic acids is 1. The van der Waals surface area contributed by atoms with Crippen molar-refractivity contribution in [3.63, 3.8) is 0 Å². The molecule has 1 N–H and O–H groups in total. The smallest absolute Gasteiger partial charge is 0.298 e. The van der Waals surface area contributed by atoms with Crippen LogP contribution in [0.4, 0.5) is 5.69 Å². The molecule has 3 aromatic carbocycles. The summed E-state index contributed by atoms with van der Waals surface area (Å²) in [5.41, 5.74) is 0.900. The van der Waals surface area contributed by atoms with E-state index in [0.29, 0.717) is 5.02 Å². The van der Waals surface area contributed by atoms with Crippen molar-refractivity contribution >= 4 is 50.2 Å². The Balaban J connectivity index is 1.83. The van der Waals surface area contributed by atoms with Gasteiger partial charge in [0.15, 0.2) is 0 Å². The number of anilines is 1. The summed E-state index contributed by atoms with van der Waals surface area (Å²) in [6.45, 7) is 0. The van der Waals surface area contributed by atoms with E-state index in [1.54, 1.807) is 6.08 Å². The van der Waals surface area contributed by atoms with Crippen molar-refractivity contribution in [2.45, 2.75) is 4.90 Å². The fourth-order valence-corrected chi connectivity index (χ4v) is 3.53. The Kier molecular flexibility index (Phi) is 5.60. The first kappa shape index (κ1) is 19.1. The van der Waals surface area contributed by atoms with Crippen LogP contribution in [0.3, 0.4) is 0 Å². The molecular formula is C20H16ClNO4S. The van der Waals surface area contributed by atoms with Gasteiger partial charge in [-0.1, -0.05) is 48.0 Å². The number of carbonyl (C=O) groups is 1. The second kappa shape index (κ2) is 7.92. The number of hydrogen-bond donors (Lipinski definition) is 1. The van der Waals surface area contributed by atoms with Gasteiger partial charge in [0, 0.05) is 11.1 Å². The van der Waals surface area contributed by atoms with Crippen LogP contribution in [-0.4, -0.2) is 21.4 Å². The van der Waals surface area contributed by atoms with E-state index < -0.39 is 16.0 Å². The maximum atomic E-state index is 12.3. The van der Waals surface area contributed by atoms with Crippen molar-refractivity contribution in [1.82, 2.24) is 0 Å². The topological polar surface area (TPSA) is 72.5 Å². The lowest BCUT2D eigenvalue weighted by molar-refractivity contribution is -0.111. The number of rotatable bonds is 5. The zero-order valence-corrected chi connectivity index (χ0v) is 15.9. The number of fused-ring (bicyclic) bond motifs is 1. The molecule has 0 aromatic heterocycles. The Morgan fingerprint density at radius 3 is 2.52 bits per heavy atom. The summed E-state index contributed by atoms with van der Waals surface area (Å²) in [6, 6.07) is 17.8. The molecule has 0 bridgehead atoms. The fraction of sp³-hybridized carbons (Fsp3) is 0.0500. The van der Waals surface area contributed by atoms with Crippen molar-refractivity contribution in [3.05, 3.63) is 77.3 Å². The first-order valence-corrected chi connectivity index (χ1v) is 9.76. The summed E-state index contributed by atoms with van der Waals surface area (Å²) < 4.78 is 28.5. The summed E-state index contributed by atoms with van der Waals surface area (Å²) >= 11 is 5.92. The Morgan fingerprint density at radius 2 is 1.78 bits per heavy atom. The largest absolute Gasteiger partial charge is 0.321 e. The molecule has 0 fully saturated rings. The third-order valence-electron chi connectivity index (χ3n) is 3.89. The van der Waals surface area contributed by atoms with Gasteiger partial charge < -0.3 is 5.32 Å². The standard InChI is InChI=1S/C20H16ClNO4S/c1-26-27(24,25)19-10-9-17(21)13-18(19)22-20(23)11-7-14-6-8-15-4-2-3-5-16(15)12-14/h2-13H,1H3,(H,22,23)/b11-7+. The van der Waals surface area contributed by atoms with Gasteiger partial charge in [-0.3, -0.25) is 8.98 Å². The number of amides is 1. The molecule has 0 aliphatic carbocycles. The first-order chi connectivity index (χ1) is 12.9. The van der Waals surface area contributed by atoms with E-state index in [-0.39, 0.29) is 10.6 Å². The van der Waals surface area contributed by atoms with E-state index in [0.717, 1.165) is 23.4 Å². The number of hydrogen-bond acceptors (Lipinski definition) is 4. The Bertz CT molecular complexity index is 1140. The third kappa shape index (κ3) is 4.54. The van der Waals surface area contributed by atoms with Crippen LogP contribution >= 0.6 is 11.6 Å². The predicted molar refractivity (Wildman–Crippen MR) is 107 cm³/mol. The highest BCUT2D eigenvalue weighted by atomic mass is 35.5. The summed E-state index contributed by atoms with van der Waals surface area (Å²) in [5, 5.41) is 4.98. The number of nitrogens with one attached hydrogen (secondary N) is 1. The molecular weight excluding hydrogens is 386 g/mol. The number of halogens is 1. The van der Waals surface area contributed by atoms with E-state index >= 15 is 0 Å². The molecule has 0 saturated carbocycles. The van der Waals surface area contributed by atoms with Crippen LogP contribution in [0.15, 0.2) is 71.6 Å². The third-order valence-corrected chi connectivity index (χ3v) is 5.46. The van der Waals surface area contributed by atoms with Gasteiger partial charge in [0.25, 0.3) is 10.1 Å². The minimum absolute atomic E-state index is 0.0533. The van der Waals surface area contributed by atoms with Gasteiger partial charge in [0.05, 0.1) is 12.8 Å². The van der Waals surface area contributed by atoms with Crippen LogP contribution in [0.5, 0.6) is 0 Å². The summed E-state index contributed by atoms with van der Waals surface area (Å²) in [5.74, 6) is -0.488. The minimum Gasteiger partial charge on any atom is -0.321 e. The van der Waals surface area contributed by atoms with E-state index in [4.69, 9.17) is 11.6 Å². The molecule has 0 aliphatic rings. The van der Waals surface area contributed by atoms with Crippen LogP contribution in [0.25, 0.3) is 16.8 Å². The highest BCUT2D eigenvalue weighted by Crippen LogP contribution is 2.26. The zero-order valence-electron chi connectivity index (χ0n) is 14.3. The summed E-state index contributed by atoms with van der Waals surface area (Å²) in [6.07, 6.45) is 2.98. The molecule has 0 heterocycles. The zero-order chi connectivity index (χ0) is 19.4. The van der Waals surface area contributed by atoms with E-state index in [1.165, 1.54) is 24.3 Å². The van der Waals surface area contributed by atoms with Crippen LogP contribution in [0.1, 0.15) is 5.56 Å². The second-order valence-electron chi connectivity index (χ2n) is 5.69. The molecule has 0 radical (unpaired) electrons. The average Bonchev–Trinajstić information content (AvgIpc) is 2.66. The molecule has 3 rings (SSSR count). The molecule has 0 spiro atoms. The van der Waals surface area contributed by atoms with E-state index in [1.807, 2.05) is 42.5 Å². The molecule has 3 aromatic rings. The Morgan fingerprint density at radius 1 is 1.04 bits per heavy atom. The van der Waals surface area contributed by atoms with Crippen LogP contribution in [-0.2, 0) is 19.1 Å². The highest BCUT2D eigenvalue weighted by Gasteiger charge is 2.19. The van der Waals surface area contributed by atoms with Gasteiger partial charge in [0.2, 0.25) is 5.91 Å². The van der Waals surface area contributed by atoms with E-state index in [2.05, 4.69) is 9.50 Å². The molecule has 0 atom stereocenters. The van der Waals surface area contributed by atoms with Crippen molar-refractivity contribution < 1.29 is 17.4 Å². The molecule has 138 valence electrons. The normalized spacial score (nSPS) is 11.8. The van der Waals surface area contributed by atoms with Gasteiger partial charge in [-0.2, -0.15) is 8.42 Å². The summed E-state index contributed by atoms with van der Waals surface area (Å²) in [4.78, 5) is 12.1. The van der Waals surface area contributed by atoms with Crippen molar-refractivity contribution in [2.75, 3.05) is 12.4 Å². The first-order valence-electron chi connectivity index (χ1n) is 7.97. The van der Waals surface area contributed by atoms with Gasteiger partial charge in [-0.05, 0) is 46.7 Å². The second-order valence-corrected chi connectivity index (χ2v) is 7.81. The lowest BCUT2D eigenvalue weighted by Crippen LogP contribution is -2.13. The highest BCUT2D eigenvalue weighted by molar-refractivity contribution is 7.87. The predicted octanol–water partition coefficient (Wildman–Crippen LogP) is 4.48. The van der Waals surface area contributed by atoms with Crippen molar-refractivity contribution in [1.29, 1.82) is 0 Å². The lowest BCUT2D eigenvalue weighted by atomic mass is 10.1. The molecule has 5 nitrogen and oxygen atoms in total. The SMILES string of the molecule is COS(=O)(=O)c1ccc(Cl)cc1NC(=O)/C=C/c1ccc2ccccc2c1. The molecule has 7 heteroatoms. The fourth-order valence-electron chi connectivity index (χ4n) is 2.57. The molecule has 27 heavy (non-hydrogen) atoms. The molecule has 0 saturated heterocycles. The van der Waals surface area contributed by atoms with Crippen molar-refractivity contribution in [2.24, 2.45) is 0 Å². The Labute approximate surface area is 162 Å². The number of benzene rings is 3. The lowest BCUT2D eigenvalue weighted by Gasteiger charge is -2.10. The monoisotopic (exact) mass is 401 g/mol. The maximum Gasteiger partial charge on any atom is 0.298 e. The van der Waals surface area contributed by atoms with Gasteiger partial charge in [-0.25, -0.2) is 0 Å². The average molecular weight is 402 g/mol. The van der Waals surface area contributed by atoms with Crippen molar-refractivity contribution in [3.8, 4) is 0 Å². The summed E-state index contributed by atoms with van der Waals surface area (Å²) in [7, 11) is -2.93. The van der Waals surface area contributed by atoms with Crippen LogP contribution < -0.4 is 5.32 Å². The minimum atomic E-state index is -3.98. The van der Waals surface area contributed by atoms with Gasteiger partial charge >= 0.3 is 0 Å². The maximum absolute atomic E-state index is 12.3. The quantitative estimate of drug-likeness (QED) is 0.505. The van der Waals surface area contributed by atoms with Crippen LogP contribution in [0, 0.1) is 0 Å². The Hall–Kier alpha value is -2.67. The molecule has 1 amide bonds. The molecule has 0 unspecified atom stereocenters. The van der Waals surface area contributed by atoms with Gasteiger partial charge in [-0.15, -0.1) is 0 Å². The van der Waals surface area contributed by atoms with E-state index in [9.17, 15) is 13.2 Å². The van der Waals surface area contributed by atoms with Gasteiger partial charge in [0.1, 0.15) is 4.90 Å². The molecule has 0 aliphatic heterocycles. The van der Waals surface area contributed by atoms with Crippen LogP contribution in [0.2, 0.25) is 5.02 Å².